The fourth-order valence-corrected chi connectivity index (χ4v) is 3.48. The molecule has 2 aliphatic rings. The van der Waals surface area contributed by atoms with Gasteiger partial charge in [0, 0.05) is 6.07 Å². The maximum atomic E-state index is 12.5. The summed E-state index contributed by atoms with van der Waals surface area (Å²) in [5.74, 6) is 0.0921. The number of ether oxygens (including phenoxy) is 3. The summed E-state index contributed by atoms with van der Waals surface area (Å²) in [5, 5.41) is 2.40. The Hall–Kier alpha value is -2.57. The lowest BCUT2D eigenvalue weighted by Crippen LogP contribution is -2.43. The van der Waals surface area contributed by atoms with E-state index in [1.54, 1.807) is 18.2 Å². The number of hydrogen-bond donors (Lipinski definition) is 1. The molecule has 1 heterocycles. The largest absolute Gasteiger partial charge is 0.486 e. The Bertz CT molecular complexity index is 708. The SMILES string of the molecule is COC(=O)CNC(=O)COc1ccc2c(c1)OC1(CCCCC1)CC2=O. The number of methoxy groups -OCH3 is 1. The first-order valence-corrected chi connectivity index (χ1v) is 8.84. The molecule has 0 saturated heterocycles. The standard InChI is InChI=1S/C19H23NO6/c1-24-18(23)11-20-17(22)12-25-13-5-6-14-15(21)10-19(26-16(14)9-13)7-3-2-4-8-19/h5-6,9H,2-4,7-8,10-12H2,1H3,(H,20,22). The molecule has 7 nitrogen and oxygen atoms in total. The molecule has 0 atom stereocenters. The summed E-state index contributed by atoms with van der Waals surface area (Å²) in [4.78, 5) is 35.2. The van der Waals surface area contributed by atoms with Gasteiger partial charge in [-0.2, -0.15) is 0 Å². The average molecular weight is 361 g/mol. The van der Waals surface area contributed by atoms with Gasteiger partial charge < -0.3 is 19.5 Å². The number of fused-ring (bicyclic) bond motifs is 1. The molecule has 1 aliphatic heterocycles. The Balaban J connectivity index is 1.63. The molecule has 1 aromatic rings. The molecule has 0 aromatic heterocycles. The Morgan fingerprint density at radius 2 is 2.00 bits per heavy atom. The molecule has 1 aromatic carbocycles. The third kappa shape index (κ3) is 4.15. The van der Waals surface area contributed by atoms with Gasteiger partial charge in [-0.15, -0.1) is 0 Å². The minimum absolute atomic E-state index is 0.0931. The zero-order valence-electron chi connectivity index (χ0n) is 14.8. The first-order valence-electron chi connectivity index (χ1n) is 8.84. The molecule has 1 amide bonds. The highest BCUT2D eigenvalue weighted by Gasteiger charge is 2.41. The van der Waals surface area contributed by atoms with E-state index < -0.39 is 17.5 Å². The van der Waals surface area contributed by atoms with Crippen LogP contribution in [0.4, 0.5) is 0 Å². The highest BCUT2D eigenvalue weighted by atomic mass is 16.5. The van der Waals surface area contributed by atoms with Crippen LogP contribution in [-0.2, 0) is 14.3 Å². The summed E-state index contributed by atoms with van der Waals surface area (Å²) in [6.45, 7) is -0.447. The van der Waals surface area contributed by atoms with E-state index in [2.05, 4.69) is 10.1 Å². The minimum Gasteiger partial charge on any atom is -0.486 e. The van der Waals surface area contributed by atoms with Gasteiger partial charge in [-0.3, -0.25) is 14.4 Å². The summed E-state index contributed by atoms with van der Waals surface area (Å²) in [6.07, 6.45) is 5.52. The van der Waals surface area contributed by atoms with Crippen LogP contribution in [0.25, 0.3) is 0 Å². The van der Waals surface area contributed by atoms with Gasteiger partial charge in [-0.1, -0.05) is 6.42 Å². The van der Waals surface area contributed by atoms with Gasteiger partial charge in [-0.25, -0.2) is 0 Å². The predicted octanol–water partition coefficient (Wildman–Crippen LogP) is 2.02. The first kappa shape index (κ1) is 18.2. The molecule has 140 valence electrons. The van der Waals surface area contributed by atoms with Gasteiger partial charge in [0.25, 0.3) is 5.91 Å². The van der Waals surface area contributed by atoms with Crippen LogP contribution in [0.1, 0.15) is 48.9 Å². The van der Waals surface area contributed by atoms with Crippen molar-refractivity contribution in [3.8, 4) is 11.5 Å². The molecule has 1 aliphatic carbocycles. The number of benzene rings is 1. The lowest BCUT2D eigenvalue weighted by atomic mass is 9.78. The smallest absolute Gasteiger partial charge is 0.325 e. The second kappa shape index (κ2) is 7.76. The van der Waals surface area contributed by atoms with Gasteiger partial charge in [-0.05, 0) is 37.8 Å². The highest BCUT2D eigenvalue weighted by Crippen LogP contribution is 2.42. The predicted molar refractivity (Wildman–Crippen MR) is 92.4 cm³/mol. The summed E-state index contributed by atoms with van der Waals surface area (Å²) in [5.41, 5.74) is 0.169. The number of ketones is 1. The number of rotatable bonds is 5. The van der Waals surface area contributed by atoms with Crippen LogP contribution in [0.5, 0.6) is 11.5 Å². The van der Waals surface area contributed by atoms with E-state index in [-0.39, 0.29) is 18.9 Å². The van der Waals surface area contributed by atoms with Crippen LogP contribution < -0.4 is 14.8 Å². The Morgan fingerprint density at radius 3 is 2.73 bits per heavy atom. The van der Waals surface area contributed by atoms with Crippen molar-refractivity contribution in [3.63, 3.8) is 0 Å². The minimum atomic E-state index is -0.531. The van der Waals surface area contributed by atoms with Crippen molar-refractivity contribution in [3.05, 3.63) is 23.8 Å². The number of carbonyl (C=O) groups is 3. The number of nitrogens with one attached hydrogen (secondary N) is 1. The van der Waals surface area contributed by atoms with Crippen molar-refractivity contribution < 1.29 is 28.6 Å². The fourth-order valence-electron chi connectivity index (χ4n) is 3.48. The van der Waals surface area contributed by atoms with E-state index in [4.69, 9.17) is 9.47 Å². The zero-order valence-corrected chi connectivity index (χ0v) is 14.8. The molecular weight excluding hydrogens is 338 g/mol. The van der Waals surface area contributed by atoms with Crippen LogP contribution in [0, 0.1) is 0 Å². The molecule has 1 N–H and O–H groups in total. The van der Waals surface area contributed by atoms with Crippen LogP contribution in [0.3, 0.4) is 0 Å². The van der Waals surface area contributed by atoms with E-state index in [1.807, 2.05) is 0 Å². The maximum absolute atomic E-state index is 12.5. The quantitative estimate of drug-likeness (QED) is 0.807. The highest BCUT2D eigenvalue weighted by molar-refractivity contribution is 6.00. The molecule has 0 bridgehead atoms. The van der Waals surface area contributed by atoms with Gasteiger partial charge in [0.2, 0.25) is 0 Å². The Kier molecular flexibility index (Phi) is 5.44. The van der Waals surface area contributed by atoms with E-state index in [0.717, 1.165) is 25.7 Å². The fraction of sp³-hybridized carbons (Fsp3) is 0.526. The monoisotopic (exact) mass is 361 g/mol. The van der Waals surface area contributed by atoms with Crippen LogP contribution in [0.2, 0.25) is 0 Å². The molecule has 1 spiro atoms. The lowest BCUT2D eigenvalue weighted by Gasteiger charge is -2.40. The third-order valence-electron chi connectivity index (χ3n) is 4.85. The van der Waals surface area contributed by atoms with Crippen molar-refractivity contribution in [2.75, 3.05) is 20.3 Å². The van der Waals surface area contributed by atoms with Crippen molar-refractivity contribution in [2.24, 2.45) is 0 Å². The van der Waals surface area contributed by atoms with Gasteiger partial charge in [0.1, 0.15) is 23.6 Å². The number of Topliss-reactive ketones (excluding diaryl/α,β-unsaturated/α-hetero) is 1. The van der Waals surface area contributed by atoms with Crippen molar-refractivity contribution in [1.29, 1.82) is 0 Å². The molecular formula is C19H23NO6. The second-order valence-electron chi connectivity index (χ2n) is 6.75. The summed E-state index contributed by atoms with van der Waals surface area (Å²) < 4.78 is 16.1. The van der Waals surface area contributed by atoms with Gasteiger partial charge >= 0.3 is 5.97 Å². The summed E-state index contributed by atoms with van der Waals surface area (Å²) in [7, 11) is 1.25. The molecule has 3 rings (SSSR count). The summed E-state index contributed by atoms with van der Waals surface area (Å²) in [6, 6.07) is 4.98. The van der Waals surface area contributed by atoms with Crippen molar-refractivity contribution >= 4 is 17.7 Å². The van der Waals surface area contributed by atoms with Gasteiger partial charge in [0.15, 0.2) is 12.4 Å². The molecule has 1 fully saturated rings. The topological polar surface area (TPSA) is 90.9 Å². The normalized spacial score (nSPS) is 17.8. The molecule has 7 heteroatoms. The Labute approximate surface area is 152 Å². The maximum Gasteiger partial charge on any atom is 0.325 e. The van der Waals surface area contributed by atoms with Gasteiger partial charge in [0.05, 0.1) is 19.1 Å². The van der Waals surface area contributed by atoms with Crippen LogP contribution in [0.15, 0.2) is 18.2 Å². The lowest BCUT2D eigenvalue weighted by molar-refractivity contribution is -0.141. The zero-order chi connectivity index (χ0) is 18.6. The first-order chi connectivity index (χ1) is 12.5. The second-order valence-corrected chi connectivity index (χ2v) is 6.75. The van der Waals surface area contributed by atoms with E-state index in [1.165, 1.54) is 13.5 Å². The van der Waals surface area contributed by atoms with Crippen LogP contribution >= 0.6 is 0 Å². The Morgan fingerprint density at radius 1 is 1.23 bits per heavy atom. The van der Waals surface area contributed by atoms with E-state index >= 15 is 0 Å². The van der Waals surface area contributed by atoms with Crippen molar-refractivity contribution in [2.45, 2.75) is 44.1 Å². The van der Waals surface area contributed by atoms with E-state index in [0.29, 0.717) is 23.5 Å². The molecule has 26 heavy (non-hydrogen) atoms. The number of amides is 1. The number of carbonyl (C=O) groups excluding carboxylic acids is 3. The molecule has 1 saturated carbocycles. The average Bonchev–Trinajstić information content (AvgIpc) is 2.64. The number of hydrogen-bond acceptors (Lipinski definition) is 6. The molecule has 0 radical (unpaired) electrons. The van der Waals surface area contributed by atoms with E-state index in [9.17, 15) is 14.4 Å². The third-order valence-corrected chi connectivity index (χ3v) is 4.85. The van der Waals surface area contributed by atoms with Crippen molar-refractivity contribution in [1.82, 2.24) is 5.32 Å². The van der Waals surface area contributed by atoms with Crippen LogP contribution in [-0.4, -0.2) is 43.5 Å². The summed E-state index contributed by atoms with van der Waals surface area (Å²) >= 11 is 0. The number of esters is 1. The molecule has 0 unspecified atom stereocenters.